The molecular formula is C21H22N2O2. The fraction of sp³-hybridized carbons (Fsp3) is 0.238. The molecular weight excluding hydrogens is 312 g/mol. The zero-order chi connectivity index (χ0) is 18.1. The number of carbonyl (C=O) groups excluding carboxylic acids is 1. The summed E-state index contributed by atoms with van der Waals surface area (Å²) in [7, 11) is 0. The van der Waals surface area contributed by atoms with Crippen molar-refractivity contribution in [3.05, 3.63) is 75.1 Å². The lowest BCUT2D eigenvalue weighted by Crippen LogP contribution is -2.30. The maximum atomic E-state index is 12.5. The number of aromatic nitrogens is 1. The number of rotatable bonds is 3. The zero-order valence-corrected chi connectivity index (χ0v) is 15.0. The Morgan fingerprint density at radius 3 is 2.44 bits per heavy atom. The van der Waals surface area contributed by atoms with Gasteiger partial charge in [0.25, 0.3) is 5.56 Å². The number of pyridine rings is 1. The summed E-state index contributed by atoms with van der Waals surface area (Å²) in [6.45, 7) is 7.81. The summed E-state index contributed by atoms with van der Waals surface area (Å²) in [5, 5.41) is 0.962. The molecule has 0 saturated heterocycles. The number of H-pyrrole nitrogens is 1. The molecule has 3 rings (SSSR count). The number of benzene rings is 2. The van der Waals surface area contributed by atoms with Crippen molar-refractivity contribution >= 4 is 22.5 Å². The summed E-state index contributed by atoms with van der Waals surface area (Å²) in [4.78, 5) is 29.2. The van der Waals surface area contributed by atoms with Gasteiger partial charge in [-0.1, -0.05) is 18.2 Å². The van der Waals surface area contributed by atoms with E-state index < -0.39 is 0 Å². The van der Waals surface area contributed by atoms with Gasteiger partial charge >= 0.3 is 0 Å². The van der Waals surface area contributed by atoms with E-state index in [1.807, 2.05) is 63.2 Å². The molecule has 4 heteroatoms. The number of fused-ring (bicyclic) bond motifs is 1. The van der Waals surface area contributed by atoms with Gasteiger partial charge in [0.1, 0.15) is 0 Å². The first kappa shape index (κ1) is 17.0. The first-order valence-electron chi connectivity index (χ1n) is 8.33. The quantitative estimate of drug-likeness (QED) is 0.787. The second kappa shape index (κ2) is 6.55. The van der Waals surface area contributed by atoms with E-state index in [-0.39, 0.29) is 18.0 Å². The molecule has 2 aromatic carbocycles. The molecule has 1 heterocycles. The normalized spacial score (nSPS) is 10.9. The van der Waals surface area contributed by atoms with Crippen molar-refractivity contribution in [2.24, 2.45) is 0 Å². The van der Waals surface area contributed by atoms with E-state index >= 15 is 0 Å². The highest BCUT2D eigenvalue weighted by Crippen LogP contribution is 2.21. The van der Waals surface area contributed by atoms with E-state index in [1.54, 1.807) is 4.90 Å². The molecule has 0 aliphatic rings. The van der Waals surface area contributed by atoms with Crippen molar-refractivity contribution in [3.63, 3.8) is 0 Å². The largest absolute Gasteiger partial charge is 0.322 e. The lowest BCUT2D eigenvalue weighted by atomic mass is 10.1. The van der Waals surface area contributed by atoms with Gasteiger partial charge in [-0.2, -0.15) is 0 Å². The van der Waals surface area contributed by atoms with Crippen molar-refractivity contribution in [2.75, 3.05) is 4.90 Å². The van der Waals surface area contributed by atoms with Crippen LogP contribution in [0.25, 0.3) is 10.9 Å². The van der Waals surface area contributed by atoms with Gasteiger partial charge in [-0.15, -0.1) is 0 Å². The molecule has 1 N–H and O–H groups in total. The molecule has 4 nitrogen and oxygen atoms in total. The molecule has 0 aliphatic carbocycles. The van der Waals surface area contributed by atoms with Gasteiger partial charge in [-0.3, -0.25) is 9.59 Å². The highest BCUT2D eigenvalue weighted by atomic mass is 16.2. The van der Waals surface area contributed by atoms with Crippen LogP contribution >= 0.6 is 0 Å². The Bertz CT molecular complexity index is 1020. The van der Waals surface area contributed by atoms with E-state index in [0.717, 1.165) is 27.7 Å². The number of nitrogens with zero attached hydrogens (tertiary/aromatic N) is 1. The Balaban J connectivity index is 2.03. The Morgan fingerprint density at radius 2 is 1.76 bits per heavy atom. The van der Waals surface area contributed by atoms with Crippen molar-refractivity contribution in [3.8, 4) is 0 Å². The van der Waals surface area contributed by atoms with Crippen LogP contribution in [0.4, 0.5) is 5.69 Å². The van der Waals surface area contributed by atoms with Gasteiger partial charge in [-0.05, 0) is 67.1 Å². The topological polar surface area (TPSA) is 53.2 Å². The average Bonchev–Trinajstić information content (AvgIpc) is 2.55. The van der Waals surface area contributed by atoms with Gasteiger partial charge in [0.05, 0.1) is 6.54 Å². The summed E-state index contributed by atoms with van der Waals surface area (Å²) >= 11 is 0. The number of amides is 1. The summed E-state index contributed by atoms with van der Waals surface area (Å²) in [6, 6.07) is 13.7. The predicted molar refractivity (Wildman–Crippen MR) is 102 cm³/mol. The molecule has 0 spiro atoms. The smallest absolute Gasteiger partial charge is 0.253 e. The number of carbonyl (C=O) groups is 1. The third-order valence-corrected chi connectivity index (χ3v) is 4.59. The predicted octanol–water partition coefficient (Wildman–Crippen LogP) is 4.01. The Kier molecular flexibility index (Phi) is 4.45. The minimum Gasteiger partial charge on any atom is -0.322 e. The highest BCUT2D eigenvalue weighted by Gasteiger charge is 2.15. The van der Waals surface area contributed by atoms with Crippen LogP contribution in [0.5, 0.6) is 0 Å². The van der Waals surface area contributed by atoms with Gasteiger partial charge in [0.15, 0.2) is 0 Å². The maximum absolute atomic E-state index is 12.5. The Labute approximate surface area is 147 Å². The van der Waals surface area contributed by atoms with E-state index in [0.29, 0.717) is 5.56 Å². The number of anilines is 1. The van der Waals surface area contributed by atoms with Crippen LogP contribution < -0.4 is 10.5 Å². The fourth-order valence-corrected chi connectivity index (χ4v) is 2.93. The lowest BCUT2D eigenvalue weighted by Gasteiger charge is -2.22. The number of aryl methyl sites for hydroxylation is 3. The summed E-state index contributed by atoms with van der Waals surface area (Å²) in [5.74, 6) is -0.0911. The van der Waals surface area contributed by atoms with Crippen LogP contribution in [-0.2, 0) is 11.3 Å². The Morgan fingerprint density at radius 1 is 1.00 bits per heavy atom. The van der Waals surface area contributed by atoms with Gasteiger partial charge in [0.2, 0.25) is 5.91 Å². The van der Waals surface area contributed by atoms with E-state index in [2.05, 4.69) is 4.98 Å². The van der Waals surface area contributed by atoms with Crippen LogP contribution in [0.15, 0.2) is 47.3 Å². The summed E-state index contributed by atoms with van der Waals surface area (Å²) in [6.07, 6.45) is 0. The standard InChI is InChI=1S/C21H22N2O2/c1-13-5-7-17-11-18(21(25)22-20(17)9-13)12-23(16(4)24)19-8-6-14(2)15(3)10-19/h5-11H,12H2,1-4H3,(H,22,25). The average molecular weight is 334 g/mol. The molecule has 128 valence electrons. The van der Waals surface area contributed by atoms with Crippen LogP contribution in [0, 0.1) is 20.8 Å². The van der Waals surface area contributed by atoms with Crippen LogP contribution in [0.3, 0.4) is 0 Å². The van der Waals surface area contributed by atoms with E-state index in [9.17, 15) is 9.59 Å². The van der Waals surface area contributed by atoms with Crippen molar-refractivity contribution in [2.45, 2.75) is 34.2 Å². The van der Waals surface area contributed by atoms with Crippen LogP contribution in [0.1, 0.15) is 29.2 Å². The van der Waals surface area contributed by atoms with Gasteiger partial charge in [-0.25, -0.2) is 0 Å². The first-order chi connectivity index (χ1) is 11.8. The number of nitrogens with one attached hydrogen (secondary N) is 1. The van der Waals surface area contributed by atoms with Crippen LogP contribution in [-0.4, -0.2) is 10.9 Å². The summed E-state index contributed by atoms with van der Waals surface area (Å²) < 4.78 is 0. The molecule has 1 aromatic heterocycles. The highest BCUT2D eigenvalue weighted by molar-refractivity contribution is 5.91. The number of hydrogen-bond acceptors (Lipinski definition) is 2. The van der Waals surface area contributed by atoms with E-state index in [4.69, 9.17) is 0 Å². The van der Waals surface area contributed by atoms with E-state index in [1.165, 1.54) is 12.5 Å². The molecule has 0 unspecified atom stereocenters. The zero-order valence-electron chi connectivity index (χ0n) is 15.0. The molecule has 25 heavy (non-hydrogen) atoms. The van der Waals surface area contributed by atoms with Gasteiger partial charge < -0.3 is 9.88 Å². The third kappa shape index (κ3) is 3.48. The monoisotopic (exact) mass is 334 g/mol. The van der Waals surface area contributed by atoms with Crippen LogP contribution in [0.2, 0.25) is 0 Å². The molecule has 0 bridgehead atoms. The Hall–Kier alpha value is -2.88. The minimum absolute atomic E-state index is 0.0911. The summed E-state index contributed by atoms with van der Waals surface area (Å²) in [5.41, 5.74) is 5.42. The van der Waals surface area contributed by atoms with Gasteiger partial charge in [0, 0.05) is 23.7 Å². The second-order valence-electron chi connectivity index (χ2n) is 6.59. The van der Waals surface area contributed by atoms with Crippen molar-refractivity contribution in [1.29, 1.82) is 0 Å². The molecule has 0 aliphatic heterocycles. The first-order valence-corrected chi connectivity index (χ1v) is 8.33. The molecule has 0 saturated carbocycles. The second-order valence-corrected chi connectivity index (χ2v) is 6.59. The van der Waals surface area contributed by atoms with Crippen molar-refractivity contribution in [1.82, 2.24) is 4.98 Å². The molecule has 1 amide bonds. The molecule has 0 fully saturated rings. The number of hydrogen-bond donors (Lipinski definition) is 1. The third-order valence-electron chi connectivity index (χ3n) is 4.59. The maximum Gasteiger partial charge on any atom is 0.253 e. The number of aromatic amines is 1. The molecule has 0 atom stereocenters. The molecule has 0 radical (unpaired) electrons. The lowest BCUT2D eigenvalue weighted by molar-refractivity contribution is -0.116. The fourth-order valence-electron chi connectivity index (χ4n) is 2.93. The van der Waals surface area contributed by atoms with Crippen molar-refractivity contribution < 1.29 is 4.79 Å². The molecule has 3 aromatic rings. The minimum atomic E-state index is -0.159. The SMILES string of the molecule is CC(=O)N(Cc1cc2ccc(C)cc2[nH]c1=O)c1ccc(C)c(C)c1.